The molecule has 0 atom stereocenters. The van der Waals surface area contributed by atoms with Crippen LogP contribution in [0.1, 0.15) is 70.3 Å². The van der Waals surface area contributed by atoms with Gasteiger partial charge in [-0.3, -0.25) is 0 Å². The summed E-state index contributed by atoms with van der Waals surface area (Å²) in [6, 6.07) is 2.02. The van der Waals surface area contributed by atoms with Crippen LogP contribution in [0.4, 0.5) is 0 Å². The molecule has 1 N–H and O–H groups in total. The van der Waals surface area contributed by atoms with Crippen LogP contribution in [0.15, 0.2) is 6.07 Å². The Hall–Kier alpha value is -0.700. The minimum absolute atomic E-state index is 0.591. The van der Waals surface area contributed by atoms with Gasteiger partial charge in [-0.2, -0.15) is 0 Å². The van der Waals surface area contributed by atoms with Crippen molar-refractivity contribution in [1.82, 2.24) is 9.97 Å². The summed E-state index contributed by atoms with van der Waals surface area (Å²) in [4.78, 5) is 8.09. The molecule has 0 spiro atoms. The maximum absolute atomic E-state index is 5.30. The molecule has 1 saturated carbocycles. The van der Waals surface area contributed by atoms with Gasteiger partial charge < -0.3 is 4.98 Å². The summed E-state index contributed by atoms with van der Waals surface area (Å²) in [5.74, 6) is 3.45. The fourth-order valence-electron chi connectivity index (χ4n) is 3.19. The lowest BCUT2D eigenvalue weighted by molar-refractivity contribution is 0.254. The van der Waals surface area contributed by atoms with Crippen molar-refractivity contribution in [2.75, 3.05) is 0 Å². The zero-order valence-corrected chi connectivity index (χ0v) is 13.2. The third-order valence-electron chi connectivity index (χ3n) is 4.44. The number of nitrogens with one attached hydrogen (secondary N) is 1. The maximum atomic E-state index is 5.30. The van der Waals surface area contributed by atoms with Crippen LogP contribution in [-0.2, 0) is 6.42 Å². The number of aryl methyl sites for hydroxylation is 1. The van der Waals surface area contributed by atoms with Gasteiger partial charge in [0.2, 0.25) is 0 Å². The highest BCUT2D eigenvalue weighted by Gasteiger charge is 2.25. The fraction of sp³-hybridized carbons (Fsp3) is 0.750. The summed E-state index contributed by atoms with van der Waals surface area (Å²) in [5.41, 5.74) is 1.25. The molecule has 0 aromatic carbocycles. The van der Waals surface area contributed by atoms with Crippen LogP contribution in [0, 0.1) is 16.5 Å². The topological polar surface area (TPSA) is 28.7 Å². The minimum Gasteiger partial charge on any atom is -0.347 e. The number of aromatic amines is 1. The van der Waals surface area contributed by atoms with E-state index in [-0.39, 0.29) is 0 Å². The van der Waals surface area contributed by atoms with Crippen LogP contribution in [-0.4, -0.2) is 9.97 Å². The number of aromatic nitrogens is 2. The molecule has 0 bridgehead atoms. The van der Waals surface area contributed by atoms with Crippen molar-refractivity contribution in [3.63, 3.8) is 0 Å². The number of nitrogens with zero attached hydrogens (tertiary/aromatic N) is 1. The van der Waals surface area contributed by atoms with Crippen LogP contribution in [0.5, 0.6) is 0 Å². The summed E-state index contributed by atoms with van der Waals surface area (Å²) in [5, 5.41) is 0. The van der Waals surface area contributed by atoms with Gasteiger partial charge in [0.05, 0.1) is 0 Å². The quantitative estimate of drug-likeness (QED) is 0.783. The Bertz CT molecular complexity index is 456. The van der Waals surface area contributed by atoms with Crippen LogP contribution in [0.2, 0.25) is 0 Å². The highest BCUT2D eigenvalue weighted by Crippen LogP contribution is 2.37. The Balaban J connectivity index is 2.08. The highest BCUT2D eigenvalue weighted by atomic mass is 32.1. The summed E-state index contributed by atoms with van der Waals surface area (Å²) in [7, 11) is 0. The van der Waals surface area contributed by atoms with E-state index in [0.29, 0.717) is 5.92 Å². The van der Waals surface area contributed by atoms with Crippen molar-refractivity contribution in [3.05, 3.63) is 22.2 Å². The molecule has 1 aliphatic carbocycles. The van der Waals surface area contributed by atoms with E-state index in [0.717, 1.165) is 35.1 Å². The van der Waals surface area contributed by atoms with Crippen molar-refractivity contribution in [1.29, 1.82) is 0 Å². The van der Waals surface area contributed by atoms with Gasteiger partial charge in [0.1, 0.15) is 10.5 Å². The summed E-state index contributed by atoms with van der Waals surface area (Å²) in [6.45, 7) is 6.89. The first kappa shape index (κ1) is 14.7. The Morgan fingerprint density at radius 2 is 2.00 bits per heavy atom. The highest BCUT2D eigenvalue weighted by molar-refractivity contribution is 7.71. The first-order valence-electron chi connectivity index (χ1n) is 7.70. The van der Waals surface area contributed by atoms with Crippen molar-refractivity contribution in [3.8, 4) is 0 Å². The number of rotatable bonds is 4. The van der Waals surface area contributed by atoms with Crippen LogP contribution >= 0.6 is 12.2 Å². The zero-order chi connectivity index (χ0) is 13.8. The summed E-state index contributed by atoms with van der Waals surface area (Å²) >= 11 is 5.30. The predicted octanol–water partition coefficient (Wildman–Crippen LogP) is 5.02. The Morgan fingerprint density at radius 1 is 1.32 bits per heavy atom. The molecule has 1 aliphatic rings. The van der Waals surface area contributed by atoms with E-state index in [4.69, 9.17) is 12.2 Å². The Kier molecular flexibility index (Phi) is 5.14. The van der Waals surface area contributed by atoms with Gasteiger partial charge in [-0.15, -0.1) is 0 Å². The van der Waals surface area contributed by atoms with E-state index in [1.807, 2.05) is 6.07 Å². The van der Waals surface area contributed by atoms with Gasteiger partial charge in [-0.1, -0.05) is 39.4 Å². The number of hydrogen-bond acceptors (Lipinski definition) is 2. The van der Waals surface area contributed by atoms with Crippen molar-refractivity contribution in [2.24, 2.45) is 11.8 Å². The van der Waals surface area contributed by atoms with E-state index in [1.54, 1.807) is 0 Å². The van der Waals surface area contributed by atoms with Gasteiger partial charge in [0.25, 0.3) is 0 Å². The molecule has 2 rings (SSSR count). The summed E-state index contributed by atoms with van der Waals surface area (Å²) in [6.07, 6.45) is 7.41. The molecular formula is C16H26N2S. The Labute approximate surface area is 122 Å². The fourth-order valence-corrected chi connectivity index (χ4v) is 3.43. The van der Waals surface area contributed by atoms with Crippen LogP contribution < -0.4 is 0 Å². The first-order valence-corrected chi connectivity index (χ1v) is 8.11. The molecule has 0 amide bonds. The van der Waals surface area contributed by atoms with Gasteiger partial charge in [-0.05, 0) is 50.0 Å². The third kappa shape index (κ3) is 3.88. The van der Waals surface area contributed by atoms with Crippen LogP contribution in [0.3, 0.4) is 0 Å². The SMILES string of the molecule is CCCc1cc(=S)nc(C2CCC(C(C)C)CC2)[nH]1. The molecule has 2 nitrogen and oxygen atoms in total. The summed E-state index contributed by atoms with van der Waals surface area (Å²) < 4.78 is 0.753. The van der Waals surface area contributed by atoms with Crippen LogP contribution in [0.25, 0.3) is 0 Å². The number of hydrogen-bond donors (Lipinski definition) is 1. The van der Waals surface area contributed by atoms with Gasteiger partial charge in [0, 0.05) is 11.6 Å². The zero-order valence-electron chi connectivity index (χ0n) is 12.4. The standard InChI is InChI=1S/C16H26N2S/c1-4-5-14-10-15(19)18-16(17-14)13-8-6-12(7-9-13)11(2)3/h10-13H,4-9H2,1-3H3,(H,17,18,19). The second kappa shape index (κ2) is 6.65. The first-order chi connectivity index (χ1) is 9.10. The van der Waals surface area contributed by atoms with Gasteiger partial charge in [-0.25, -0.2) is 4.98 Å². The minimum atomic E-state index is 0.591. The average molecular weight is 278 g/mol. The molecule has 1 aromatic rings. The predicted molar refractivity (Wildman–Crippen MR) is 83.0 cm³/mol. The van der Waals surface area contributed by atoms with E-state index in [1.165, 1.54) is 31.4 Å². The molecule has 1 aromatic heterocycles. The van der Waals surface area contributed by atoms with E-state index >= 15 is 0 Å². The van der Waals surface area contributed by atoms with Crippen molar-refractivity contribution < 1.29 is 0 Å². The molecule has 0 aliphatic heterocycles. The lowest BCUT2D eigenvalue weighted by atomic mass is 9.77. The van der Waals surface area contributed by atoms with E-state index in [2.05, 4.69) is 30.7 Å². The molecule has 3 heteroatoms. The largest absolute Gasteiger partial charge is 0.347 e. The molecular weight excluding hydrogens is 252 g/mol. The lowest BCUT2D eigenvalue weighted by Crippen LogP contribution is -2.19. The maximum Gasteiger partial charge on any atom is 0.129 e. The second-order valence-corrected chi connectivity index (χ2v) is 6.65. The van der Waals surface area contributed by atoms with Crippen molar-refractivity contribution in [2.45, 2.75) is 65.2 Å². The van der Waals surface area contributed by atoms with Gasteiger partial charge in [0.15, 0.2) is 0 Å². The molecule has 0 radical (unpaired) electrons. The van der Waals surface area contributed by atoms with Gasteiger partial charge >= 0.3 is 0 Å². The molecule has 0 saturated heterocycles. The average Bonchev–Trinajstić information content (AvgIpc) is 2.38. The normalized spacial score (nSPS) is 23.8. The van der Waals surface area contributed by atoms with E-state index < -0.39 is 0 Å². The molecule has 1 fully saturated rings. The van der Waals surface area contributed by atoms with E-state index in [9.17, 15) is 0 Å². The number of H-pyrrole nitrogens is 1. The second-order valence-electron chi connectivity index (χ2n) is 6.24. The molecule has 106 valence electrons. The monoisotopic (exact) mass is 278 g/mol. The third-order valence-corrected chi connectivity index (χ3v) is 4.65. The lowest BCUT2D eigenvalue weighted by Gasteiger charge is -2.30. The molecule has 19 heavy (non-hydrogen) atoms. The molecule has 0 unspecified atom stereocenters. The van der Waals surface area contributed by atoms with Crippen molar-refractivity contribution >= 4 is 12.2 Å². The smallest absolute Gasteiger partial charge is 0.129 e. The Morgan fingerprint density at radius 3 is 2.58 bits per heavy atom. The molecule has 1 heterocycles.